The fourth-order valence-electron chi connectivity index (χ4n) is 3.06. The molecule has 2 heterocycles. The number of rotatable bonds is 7. The van der Waals surface area contributed by atoms with Crippen LogP contribution in [0.25, 0.3) is 16.9 Å². The summed E-state index contributed by atoms with van der Waals surface area (Å²) in [7, 11) is 0. The van der Waals surface area contributed by atoms with Crippen LogP contribution in [0.1, 0.15) is 55.7 Å². The molecule has 0 aliphatic carbocycles. The topological polar surface area (TPSA) is 59.3 Å². The molecule has 1 atom stereocenters. The van der Waals surface area contributed by atoms with E-state index < -0.39 is 0 Å². The van der Waals surface area contributed by atoms with Crippen LogP contribution in [-0.4, -0.2) is 26.5 Å². The number of unbranched alkanes of at least 4 members (excludes halogenated alkanes) is 2. The van der Waals surface area contributed by atoms with Crippen LogP contribution in [0.4, 0.5) is 0 Å². The monoisotopic (exact) mass is 350 g/mol. The Balaban J connectivity index is 1.80. The van der Waals surface area contributed by atoms with Crippen LogP contribution in [0, 0.1) is 6.92 Å². The Bertz CT molecular complexity index is 886. The third kappa shape index (κ3) is 4.10. The number of nitrogens with one attached hydrogen (secondary N) is 1. The number of aromatic nitrogens is 3. The van der Waals surface area contributed by atoms with Gasteiger partial charge in [0, 0.05) is 23.4 Å². The van der Waals surface area contributed by atoms with E-state index in [1.54, 1.807) is 10.6 Å². The number of amides is 1. The van der Waals surface area contributed by atoms with Gasteiger partial charge in [-0.15, -0.1) is 0 Å². The van der Waals surface area contributed by atoms with Gasteiger partial charge in [0.15, 0.2) is 11.3 Å². The number of benzene rings is 1. The van der Waals surface area contributed by atoms with Crippen LogP contribution in [-0.2, 0) is 0 Å². The summed E-state index contributed by atoms with van der Waals surface area (Å²) in [4.78, 5) is 17.2. The van der Waals surface area contributed by atoms with Crippen molar-refractivity contribution in [3.05, 3.63) is 53.9 Å². The summed E-state index contributed by atoms with van der Waals surface area (Å²) in [6.45, 7) is 6.20. The van der Waals surface area contributed by atoms with E-state index in [1.807, 2.05) is 50.2 Å². The highest BCUT2D eigenvalue weighted by Gasteiger charge is 2.15. The minimum absolute atomic E-state index is 0.139. The lowest BCUT2D eigenvalue weighted by atomic mass is 10.1. The van der Waals surface area contributed by atoms with Gasteiger partial charge < -0.3 is 5.32 Å². The van der Waals surface area contributed by atoms with Crippen LogP contribution in [0.5, 0.6) is 0 Å². The Morgan fingerprint density at radius 2 is 1.96 bits per heavy atom. The number of carbonyl (C=O) groups is 1. The van der Waals surface area contributed by atoms with Gasteiger partial charge in [-0.05, 0) is 26.3 Å². The maximum absolute atomic E-state index is 12.5. The standard InChI is InChI=1S/C21H26N4O/c1-4-5-7-10-15(2)22-21(26)19-14-20-23-18(13-16(3)25(20)24-19)17-11-8-6-9-12-17/h6,8-9,11-15H,4-5,7,10H2,1-3H3,(H,22,26). The normalized spacial score (nSPS) is 12.3. The van der Waals surface area contributed by atoms with E-state index >= 15 is 0 Å². The smallest absolute Gasteiger partial charge is 0.272 e. The highest BCUT2D eigenvalue weighted by Crippen LogP contribution is 2.19. The van der Waals surface area contributed by atoms with Crippen LogP contribution in [0.15, 0.2) is 42.5 Å². The van der Waals surface area contributed by atoms with E-state index in [0.29, 0.717) is 11.3 Å². The van der Waals surface area contributed by atoms with Gasteiger partial charge in [0.2, 0.25) is 0 Å². The van der Waals surface area contributed by atoms with Gasteiger partial charge in [-0.3, -0.25) is 4.79 Å². The first-order valence-corrected chi connectivity index (χ1v) is 9.32. The average molecular weight is 350 g/mol. The molecule has 0 aliphatic heterocycles. The van der Waals surface area contributed by atoms with Gasteiger partial charge >= 0.3 is 0 Å². The minimum Gasteiger partial charge on any atom is -0.348 e. The Morgan fingerprint density at radius 1 is 1.19 bits per heavy atom. The number of carbonyl (C=O) groups excluding carboxylic acids is 1. The predicted molar refractivity (Wildman–Crippen MR) is 104 cm³/mol. The zero-order valence-electron chi connectivity index (χ0n) is 15.7. The van der Waals surface area contributed by atoms with Crippen LogP contribution >= 0.6 is 0 Å². The molecule has 3 aromatic rings. The maximum Gasteiger partial charge on any atom is 0.272 e. The number of aryl methyl sites for hydroxylation is 1. The highest BCUT2D eigenvalue weighted by atomic mass is 16.2. The SMILES string of the molecule is CCCCCC(C)NC(=O)c1cc2nc(-c3ccccc3)cc(C)n2n1. The quantitative estimate of drug-likeness (QED) is 0.642. The molecule has 26 heavy (non-hydrogen) atoms. The van der Waals surface area contributed by atoms with E-state index in [1.165, 1.54) is 12.8 Å². The van der Waals surface area contributed by atoms with Gasteiger partial charge in [-0.25, -0.2) is 9.50 Å². The molecule has 1 aromatic carbocycles. The molecule has 0 fully saturated rings. The number of nitrogens with zero attached hydrogens (tertiary/aromatic N) is 3. The van der Waals surface area contributed by atoms with Crippen LogP contribution < -0.4 is 5.32 Å². The molecular weight excluding hydrogens is 324 g/mol. The molecule has 0 bridgehead atoms. The second kappa shape index (κ2) is 8.13. The Hall–Kier alpha value is -2.69. The molecule has 1 unspecified atom stereocenters. The molecule has 3 rings (SSSR count). The highest BCUT2D eigenvalue weighted by molar-refractivity contribution is 5.93. The molecule has 5 heteroatoms. The number of hydrogen-bond acceptors (Lipinski definition) is 3. The van der Waals surface area contributed by atoms with Gasteiger partial charge in [-0.1, -0.05) is 56.5 Å². The Morgan fingerprint density at radius 3 is 2.69 bits per heavy atom. The molecule has 0 aliphatic rings. The van der Waals surface area contributed by atoms with Crippen molar-refractivity contribution in [2.75, 3.05) is 0 Å². The summed E-state index contributed by atoms with van der Waals surface area (Å²) in [5.74, 6) is -0.139. The van der Waals surface area contributed by atoms with Crippen LogP contribution in [0.3, 0.4) is 0 Å². The largest absolute Gasteiger partial charge is 0.348 e. The van der Waals surface area contributed by atoms with Crippen molar-refractivity contribution < 1.29 is 4.79 Å². The minimum atomic E-state index is -0.139. The van der Waals surface area contributed by atoms with Crippen molar-refractivity contribution >= 4 is 11.6 Å². The van der Waals surface area contributed by atoms with E-state index in [4.69, 9.17) is 0 Å². The van der Waals surface area contributed by atoms with Crippen molar-refractivity contribution in [2.45, 2.75) is 52.5 Å². The Labute approximate surface area is 154 Å². The molecule has 1 N–H and O–H groups in total. The fourth-order valence-corrected chi connectivity index (χ4v) is 3.06. The van der Waals surface area contributed by atoms with Gasteiger partial charge in [0.05, 0.1) is 5.69 Å². The number of fused-ring (bicyclic) bond motifs is 1. The molecular formula is C21H26N4O. The summed E-state index contributed by atoms with van der Waals surface area (Å²) in [6, 6.07) is 13.9. The lowest BCUT2D eigenvalue weighted by Crippen LogP contribution is -2.32. The summed E-state index contributed by atoms with van der Waals surface area (Å²) >= 11 is 0. The summed E-state index contributed by atoms with van der Waals surface area (Å²) in [5, 5.41) is 7.48. The zero-order valence-corrected chi connectivity index (χ0v) is 15.7. The lowest BCUT2D eigenvalue weighted by Gasteiger charge is -2.12. The van der Waals surface area contributed by atoms with E-state index in [2.05, 4.69) is 22.3 Å². The molecule has 136 valence electrons. The van der Waals surface area contributed by atoms with Gasteiger partial charge in [0.25, 0.3) is 5.91 Å². The summed E-state index contributed by atoms with van der Waals surface area (Å²) in [5.41, 5.74) is 3.98. The first-order valence-electron chi connectivity index (χ1n) is 9.32. The number of hydrogen-bond donors (Lipinski definition) is 1. The predicted octanol–water partition coefficient (Wildman–Crippen LogP) is 4.40. The average Bonchev–Trinajstić information content (AvgIpc) is 3.08. The lowest BCUT2D eigenvalue weighted by molar-refractivity contribution is 0.0932. The second-order valence-corrected chi connectivity index (χ2v) is 6.82. The molecule has 2 aromatic heterocycles. The molecule has 5 nitrogen and oxygen atoms in total. The van der Waals surface area contributed by atoms with E-state index in [-0.39, 0.29) is 11.9 Å². The van der Waals surface area contributed by atoms with Crippen molar-refractivity contribution in [3.63, 3.8) is 0 Å². The van der Waals surface area contributed by atoms with Crippen molar-refractivity contribution in [1.82, 2.24) is 19.9 Å². The van der Waals surface area contributed by atoms with Crippen molar-refractivity contribution in [1.29, 1.82) is 0 Å². The molecule has 0 spiro atoms. The first-order chi connectivity index (χ1) is 12.6. The molecule has 0 saturated carbocycles. The zero-order chi connectivity index (χ0) is 18.5. The van der Waals surface area contributed by atoms with Crippen molar-refractivity contribution in [3.8, 4) is 11.3 Å². The fraction of sp³-hybridized carbons (Fsp3) is 0.381. The summed E-state index contributed by atoms with van der Waals surface area (Å²) < 4.78 is 1.73. The van der Waals surface area contributed by atoms with E-state index in [0.717, 1.165) is 29.8 Å². The second-order valence-electron chi connectivity index (χ2n) is 6.82. The van der Waals surface area contributed by atoms with Gasteiger partial charge in [-0.2, -0.15) is 5.10 Å². The Kier molecular flexibility index (Phi) is 5.66. The van der Waals surface area contributed by atoms with Crippen LogP contribution in [0.2, 0.25) is 0 Å². The molecule has 0 saturated heterocycles. The van der Waals surface area contributed by atoms with E-state index in [9.17, 15) is 4.79 Å². The third-order valence-corrected chi connectivity index (χ3v) is 4.53. The maximum atomic E-state index is 12.5. The van der Waals surface area contributed by atoms with Crippen molar-refractivity contribution in [2.24, 2.45) is 0 Å². The third-order valence-electron chi connectivity index (χ3n) is 4.53. The first kappa shape index (κ1) is 18.1. The molecule has 0 radical (unpaired) electrons. The van der Waals surface area contributed by atoms with Gasteiger partial charge in [0.1, 0.15) is 0 Å². The summed E-state index contributed by atoms with van der Waals surface area (Å²) in [6.07, 6.45) is 4.49. The molecule has 1 amide bonds.